The third kappa shape index (κ3) is 3.68. The Morgan fingerprint density at radius 2 is 2.06 bits per heavy atom. The van der Waals surface area contributed by atoms with Crippen LogP contribution in [-0.2, 0) is 4.79 Å². The van der Waals surface area contributed by atoms with E-state index in [2.05, 4.69) is 0 Å². The van der Waals surface area contributed by atoms with Crippen LogP contribution in [0.2, 0.25) is 0 Å². The molecule has 1 aliphatic carbocycles. The van der Waals surface area contributed by atoms with Crippen LogP contribution in [0.3, 0.4) is 0 Å². The van der Waals surface area contributed by atoms with Crippen molar-refractivity contribution in [3.63, 3.8) is 0 Å². The topological polar surface area (TPSA) is 66.6 Å². The fourth-order valence-corrected chi connectivity index (χ4v) is 2.49. The van der Waals surface area contributed by atoms with Gasteiger partial charge in [-0.2, -0.15) is 0 Å². The first-order valence-corrected chi connectivity index (χ1v) is 6.78. The van der Waals surface area contributed by atoms with Crippen LogP contribution in [-0.4, -0.2) is 41.1 Å². The van der Waals surface area contributed by atoms with E-state index < -0.39 is 6.04 Å². The minimum absolute atomic E-state index is 0.0142. The number of carbonyl (C=O) groups excluding carboxylic acids is 1. The predicted octanol–water partition coefficient (Wildman–Crippen LogP) is 1.12. The van der Waals surface area contributed by atoms with Gasteiger partial charge in [0.2, 0.25) is 5.91 Å². The highest BCUT2D eigenvalue weighted by atomic mass is 16.3. The molecule has 4 heteroatoms. The number of carbonyl (C=O) groups is 1. The van der Waals surface area contributed by atoms with Crippen LogP contribution in [0.1, 0.15) is 46.0 Å². The average molecular weight is 242 g/mol. The molecule has 0 aromatic carbocycles. The molecule has 17 heavy (non-hydrogen) atoms. The number of nitrogens with two attached hydrogens (primary N) is 1. The molecule has 0 saturated heterocycles. The van der Waals surface area contributed by atoms with E-state index in [1.54, 1.807) is 0 Å². The van der Waals surface area contributed by atoms with Gasteiger partial charge in [-0.1, -0.05) is 33.1 Å². The van der Waals surface area contributed by atoms with Crippen molar-refractivity contribution in [3.05, 3.63) is 0 Å². The van der Waals surface area contributed by atoms with E-state index in [-0.39, 0.29) is 18.4 Å². The lowest BCUT2D eigenvalue weighted by atomic mass is 9.98. The number of aliphatic hydroxyl groups excluding tert-OH is 1. The monoisotopic (exact) mass is 242 g/mol. The van der Waals surface area contributed by atoms with Crippen LogP contribution in [0.25, 0.3) is 0 Å². The van der Waals surface area contributed by atoms with Gasteiger partial charge in [-0.3, -0.25) is 4.79 Å². The summed E-state index contributed by atoms with van der Waals surface area (Å²) in [5.74, 6) is 0.213. The molecule has 0 spiro atoms. The largest absolute Gasteiger partial charge is 0.395 e. The molecule has 4 nitrogen and oxygen atoms in total. The quantitative estimate of drug-likeness (QED) is 0.733. The van der Waals surface area contributed by atoms with Crippen molar-refractivity contribution in [2.75, 3.05) is 13.2 Å². The van der Waals surface area contributed by atoms with Gasteiger partial charge in [0.05, 0.1) is 12.6 Å². The number of hydrogen-bond donors (Lipinski definition) is 2. The van der Waals surface area contributed by atoms with Crippen molar-refractivity contribution < 1.29 is 9.90 Å². The molecule has 2 unspecified atom stereocenters. The molecule has 1 fully saturated rings. The van der Waals surface area contributed by atoms with Crippen molar-refractivity contribution in [1.29, 1.82) is 0 Å². The van der Waals surface area contributed by atoms with Crippen LogP contribution in [0.5, 0.6) is 0 Å². The van der Waals surface area contributed by atoms with Crippen LogP contribution >= 0.6 is 0 Å². The summed E-state index contributed by atoms with van der Waals surface area (Å²) in [4.78, 5) is 14.1. The summed E-state index contributed by atoms with van der Waals surface area (Å²) in [5.41, 5.74) is 6.00. The zero-order valence-electron chi connectivity index (χ0n) is 11.1. The lowest BCUT2D eigenvalue weighted by molar-refractivity contribution is -0.136. The molecule has 0 aliphatic heterocycles. The van der Waals surface area contributed by atoms with E-state index in [1.807, 2.05) is 18.7 Å². The van der Waals surface area contributed by atoms with Crippen molar-refractivity contribution in [3.8, 4) is 0 Å². The van der Waals surface area contributed by atoms with Gasteiger partial charge in [0.25, 0.3) is 0 Å². The highest BCUT2D eigenvalue weighted by Crippen LogP contribution is 2.24. The third-order valence-corrected chi connectivity index (χ3v) is 3.93. The van der Waals surface area contributed by atoms with Gasteiger partial charge in [-0.05, 0) is 18.8 Å². The van der Waals surface area contributed by atoms with Gasteiger partial charge >= 0.3 is 0 Å². The summed E-state index contributed by atoms with van der Waals surface area (Å²) in [6, 6.07) is -0.128. The summed E-state index contributed by atoms with van der Waals surface area (Å²) in [6.07, 6.45) is 5.37. The third-order valence-electron chi connectivity index (χ3n) is 3.93. The molecule has 0 aromatic rings. The Kier molecular flexibility index (Phi) is 5.92. The van der Waals surface area contributed by atoms with Crippen LogP contribution in [0.15, 0.2) is 0 Å². The minimum Gasteiger partial charge on any atom is -0.395 e. The summed E-state index contributed by atoms with van der Waals surface area (Å²) < 4.78 is 0. The fraction of sp³-hybridized carbons (Fsp3) is 0.923. The number of amides is 1. The Bertz CT molecular complexity index is 240. The minimum atomic E-state index is -0.424. The van der Waals surface area contributed by atoms with Crippen molar-refractivity contribution in [1.82, 2.24) is 4.90 Å². The molecule has 1 saturated carbocycles. The van der Waals surface area contributed by atoms with Crippen molar-refractivity contribution in [2.45, 2.75) is 58.0 Å². The second kappa shape index (κ2) is 6.97. The molecule has 100 valence electrons. The lowest BCUT2D eigenvalue weighted by Crippen LogP contribution is -2.51. The molecular weight excluding hydrogens is 216 g/mol. The molecule has 0 bridgehead atoms. The molecule has 0 heterocycles. The highest BCUT2D eigenvalue weighted by Gasteiger charge is 2.31. The van der Waals surface area contributed by atoms with Crippen molar-refractivity contribution >= 4 is 5.91 Å². The Balaban J connectivity index is 2.65. The maximum Gasteiger partial charge on any atom is 0.240 e. The predicted molar refractivity (Wildman–Crippen MR) is 68.5 cm³/mol. The summed E-state index contributed by atoms with van der Waals surface area (Å²) >= 11 is 0. The molecular formula is C13H26N2O2. The van der Waals surface area contributed by atoms with Crippen LogP contribution in [0.4, 0.5) is 0 Å². The van der Waals surface area contributed by atoms with E-state index in [9.17, 15) is 4.79 Å². The van der Waals surface area contributed by atoms with E-state index in [0.717, 1.165) is 19.3 Å². The smallest absolute Gasteiger partial charge is 0.240 e. The summed E-state index contributed by atoms with van der Waals surface area (Å²) in [5, 5.41) is 9.09. The maximum absolute atomic E-state index is 12.3. The molecule has 3 N–H and O–H groups in total. The van der Waals surface area contributed by atoms with Crippen molar-refractivity contribution in [2.24, 2.45) is 11.7 Å². The molecule has 1 amide bonds. The van der Waals surface area contributed by atoms with Gasteiger partial charge in [0.15, 0.2) is 0 Å². The summed E-state index contributed by atoms with van der Waals surface area (Å²) in [6.45, 7) is 4.50. The van der Waals surface area contributed by atoms with Gasteiger partial charge in [-0.15, -0.1) is 0 Å². The Labute approximate surface area is 104 Å². The summed E-state index contributed by atoms with van der Waals surface area (Å²) in [7, 11) is 0. The number of rotatable bonds is 6. The number of aliphatic hydroxyl groups is 1. The number of hydrogen-bond acceptors (Lipinski definition) is 3. The van der Waals surface area contributed by atoms with E-state index >= 15 is 0 Å². The second-order valence-electron chi connectivity index (χ2n) is 5.10. The van der Waals surface area contributed by atoms with Gasteiger partial charge in [0, 0.05) is 12.6 Å². The van der Waals surface area contributed by atoms with E-state index in [4.69, 9.17) is 10.8 Å². The molecule has 0 aromatic heterocycles. The standard InChI is InChI=1S/C13H26N2O2/c1-3-10(2)12(14)13(17)15(8-9-16)11-6-4-5-7-11/h10-12,16H,3-9,14H2,1-2H3. The van der Waals surface area contributed by atoms with Gasteiger partial charge in [-0.25, -0.2) is 0 Å². The first-order chi connectivity index (χ1) is 8.11. The Hall–Kier alpha value is -0.610. The molecule has 0 radical (unpaired) electrons. The average Bonchev–Trinajstić information content (AvgIpc) is 2.86. The fourth-order valence-electron chi connectivity index (χ4n) is 2.49. The lowest BCUT2D eigenvalue weighted by Gasteiger charge is -2.32. The Morgan fingerprint density at radius 3 is 2.53 bits per heavy atom. The number of nitrogens with zero attached hydrogens (tertiary/aromatic N) is 1. The van der Waals surface area contributed by atoms with Crippen LogP contribution < -0.4 is 5.73 Å². The highest BCUT2D eigenvalue weighted by molar-refractivity contribution is 5.82. The zero-order chi connectivity index (χ0) is 12.8. The van der Waals surface area contributed by atoms with E-state index in [1.165, 1.54) is 12.8 Å². The molecule has 2 atom stereocenters. The Morgan fingerprint density at radius 1 is 1.47 bits per heavy atom. The first kappa shape index (κ1) is 14.5. The SMILES string of the molecule is CCC(C)C(N)C(=O)N(CCO)C1CCCC1. The normalized spacial score (nSPS) is 20.2. The van der Waals surface area contributed by atoms with Gasteiger partial charge in [0.1, 0.15) is 0 Å². The van der Waals surface area contributed by atoms with E-state index in [0.29, 0.717) is 12.6 Å². The maximum atomic E-state index is 12.3. The molecule has 1 aliphatic rings. The van der Waals surface area contributed by atoms with Crippen LogP contribution in [0, 0.1) is 5.92 Å². The second-order valence-corrected chi connectivity index (χ2v) is 5.10. The zero-order valence-corrected chi connectivity index (χ0v) is 11.1. The molecule has 1 rings (SSSR count). The first-order valence-electron chi connectivity index (χ1n) is 6.78. The van der Waals surface area contributed by atoms with Gasteiger partial charge < -0.3 is 15.7 Å².